The number of amides is 1. The first-order chi connectivity index (χ1) is 8.54. The fourth-order valence-electron chi connectivity index (χ4n) is 2.39. The van der Waals surface area contributed by atoms with Crippen LogP contribution in [-0.4, -0.2) is 48.2 Å². The van der Waals surface area contributed by atoms with Crippen LogP contribution in [0.1, 0.15) is 12.5 Å². The fourth-order valence-corrected chi connectivity index (χ4v) is 2.39. The van der Waals surface area contributed by atoms with E-state index in [0.717, 1.165) is 17.8 Å². The van der Waals surface area contributed by atoms with Crippen LogP contribution in [0.5, 0.6) is 0 Å². The largest absolute Gasteiger partial charge is 0.394 e. The Bertz CT molecular complexity index is 447. The normalized spacial score (nSPS) is 24.6. The Labute approximate surface area is 108 Å². The zero-order valence-corrected chi connectivity index (χ0v) is 11.1. The van der Waals surface area contributed by atoms with Gasteiger partial charge in [0.05, 0.1) is 6.61 Å². The SMILES string of the molecule is Cc1cccc(N2CC(C)N(C)C(=O)C2CO)c1. The molecule has 0 spiro atoms. The van der Waals surface area contributed by atoms with Crippen LogP contribution in [0.15, 0.2) is 24.3 Å². The number of rotatable bonds is 2. The van der Waals surface area contributed by atoms with E-state index in [9.17, 15) is 9.90 Å². The molecule has 4 heteroatoms. The van der Waals surface area contributed by atoms with Crippen molar-refractivity contribution in [3.63, 3.8) is 0 Å². The van der Waals surface area contributed by atoms with Gasteiger partial charge in [-0.15, -0.1) is 0 Å². The molecule has 1 aromatic carbocycles. The Morgan fingerprint density at radius 3 is 2.78 bits per heavy atom. The lowest BCUT2D eigenvalue weighted by molar-refractivity contribution is -0.136. The number of hydrogen-bond donors (Lipinski definition) is 1. The first-order valence-corrected chi connectivity index (χ1v) is 6.25. The number of carbonyl (C=O) groups is 1. The molecule has 0 radical (unpaired) electrons. The predicted molar refractivity (Wildman–Crippen MR) is 71.6 cm³/mol. The Morgan fingerprint density at radius 1 is 1.44 bits per heavy atom. The highest BCUT2D eigenvalue weighted by Gasteiger charge is 2.36. The van der Waals surface area contributed by atoms with E-state index in [4.69, 9.17) is 0 Å². The summed E-state index contributed by atoms with van der Waals surface area (Å²) < 4.78 is 0. The van der Waals surface area contributed by atoms with Gasteiger partial charge in [-0.05, 0) is 31.5 Å². The van der Waals surface area contributed by atoms with Crippen molar-refractivity contribution < 1.29 is 9.90 Å². The van der Waals surface area contributed by atoms with Gasteiger partial charge in [-0.25, -0.2) is 0 Å². The van der Waals surface area contributed by atoms with Crippen molar-refractivity contribution >= 4 is 11.6 Å². The summed E-state index contributed by atoms with van der Waals surface area (Å²) in [5.41, 5.74) is 2.16. The molecule has 1 fully saturated rings. The molecule has 1 aromatic rings. The quantitative estimate of drug-likeness (QED) is 0.850. The molecule has 1 amide bonds. The smallest absolute Gasteiger partial charge is 0.247 e. The number of anilines is 1. The second-order valence-electron chi connectivity index (χ2n) is 4.99. The summed E-state index contributed by atoms with van der Waals surface area (Å²) in [6, 6.07) is 7.73. The van der Waals surface area contributed by atoms with Crippen LogP contribution >= 0.6 is 0 Å². The standard InChI is InChI=1S/C14H20N2O2/c1-10-5-4-6-12(7-10)16-8-11(2)15(3)14(18)13(16)9-17/h4-7,11,13,17H,8-9H2,1-3H3. The number of aliphatic hydroxyl groups is 1. The van der Waals surface area contributed by atoms with E-state index in [0.29, 0.717) is 0 Å². The van der Waals surface area contributed by atoms with Gasteiger partial charge in [-0.2, -0.15) is 0 Å². The van der Waals surface area contributed by atoms with Gasteiger partial charge >= 0.3 is 0 Å². The summed E-state index contributed by atoms with van der Waals surface area (Å²) in [6.07, 6.45) is 0. The van der Waals surface area contributed by atoms with Gasteiger partial charge in [0.2, 0.25) is 5.91 Å². The number of aryl methyl sites for hydroxylation is 1. The zero-order valence-electron chi connectivity index (χ0n) is 11.1. The van der Waals surface area contributed by atoms with Crippen molar-refractivity contribution in [1.82, 2.24) is 4.90 Å². The zero-order chi connectivity index (χ0) is 13.3. The number of likely N-dealkylation sites (N-methyl/N-ethyl adjacent to an activating group) is 1. The average Bonchev–Trinajstić information content (AvgIpc) is 2.35. The third kappa shape index (κ3) is 2.20. The van der Waals surface area contributed by atoms with Gasteiger partial charge in [0, 0.05) is 25.3 Å². The fraction of sp³-hybridized carbons (Fsp3) is 0.500. The number of nitrogens with zero attached hydrogens (tertiary/aromatic N) is 2. The van der Waals surface area contributed by atoms with Gasteiger partial charge in [0.25, 0.3) is 0 Å². The summed E-state index contributed by atoms with van der Waals surface area (Å²) in [5.74, 6) is -0.0160. The molecule has 1 N–H and O–H groups in total. The van der Waals surface area contributed by atoms with E-state index in [1.807, 2.05) is 43.0 Å². The topological polar surface area (TPSA) is 43.8 Å². The molecule has 0 saturated carbocycles. The number of carbonyl (C=O) groups excluding carboxylic acids is 1. The number of hydrogen-bond acceptors (Lipinski definition) is 3. The molecule has 2 atom stereocenters. The first-order valence-electron chi connectivity index (χ1n) is 6.25. The molecule has 98 valence electrons. The lowest BCUT2D eigenvalue weighted by Crippen LogP contribution is -2.61. The van der Waals surface area contributed by atoms with Gasteiger partial charge in [-0.1, -0.05) is 12.1 Å². The lowest BCUT2D eigenvalue weighted by atomic mass is 10.1. The highest BCUT2D eigenvalue weighted by molar-refractivity contribution is 5.87. The lowest BCUT2D eigenvalue weighted by Gasteiger charge is -2.43. The van der Waals surface area contributed by atoms with Crippen LogP contribution in [0.4, 0.5) is 5.69 Å². The average molecular weight is 248 g/mol. The van der Waals surface area contributed by atoms with Crippen LogP contribution in [0.2, 0.25) is 0 Å². The maximum atomic E-state index is 12.2. The molecule has 18 heavy (non-hydrogen) atoms. The summed E-state index contributed by atoms with van der Waals surface area (Å²) in [4.78, 5) is 15.9. The maximum absolute atomic E-state index is 12.2. The Hall–Kier alpha value is -1.55. The molecule has 1 aliphatic heterocycles. The number of aliphatic hydroxyl groups excluding tert-OH is 1. The summed E-state index contributed by atoms with van der Waals surface area (Å²) >= 11 is 0. The molecule has 1 aliphatic rings. The van der Waals surface area contributed by atoms with Crippen LogP contribution in [0.3, 0.4) is 0 Å². The van der Waals surface area contributed by atoms with Crippen LogP contribution in [0, 0.1) is 6.92 Å². The molecule has 0 bridgehead atoms. The van der Waals surface area contributed by atoms with E-state index in [1.165, 1.54) is 0 Å². The van der Waals surface area contributed by atoms with Gasteiger partial charge in [0.15, 0.2) is 0 Å². The van der Waals surface area contributed by atoms with Crippen LogP contribution in [-0.2, 0) is 4.79 Å². The van der Waals surface area contributed by atoms with Gasteiger partial charge in [0.1, 0.15) is 6.04 Å². The van der Waals surface area contributed by atoms with Crippen LogP contribution < -0.4 is 4.90 Å². The molecule has 2 unspecified atom stereocenters. The molecule has 2 rings (SSSR count). The Morgan fingerprint density at radius 2 is 2.17 bits per heavy atom. The summed E-state index contributed by atoms with van der Waals surface area (Å²) in [7, 11) is 1.79. The van der Waals surface area contributed by atoms with E-state index >= 15 is 0 Å². The van der Waals surface area contributed by atoms with Crippen molar-refractivity contribution in [3.8, 4) is 0 Å². The van der Waals surface area contributed by atoms with Crippen LogP contribution in [0.25, 0.3) is 0 Å². The van der Waals surface area contributed by atoms with Crippen molar-refractivity contribution in [2.45, 2.75) is 25.9 Å². The van der Waals surface area contributed by atoms with Crippen molar-refractivity contribution in [1.29, 1.82) is 0 Å². The monoisotopic (exact) mass is 248 g/mol. The molecule has 1 saturated heterocycles. The minimum atomic E-state index is -0.465. The van der Waals surface area contributed by atoms with Gasteiger partial charge in [-0.3, -0.25) is 4.79 Å². The maximum Gasteiger partial charge on any atom is 0.247 e. The second-order valence-corrected chi connectivity index (χ2v) is 4.99. The van der Waals surface area contributed by atoms with E-state index in [2.05, 4.69) is 0 Å². The Balaban J connectivity index is 2.33. The second kappa shape index (κ2) is 4.98. The summed E-state index contributed by atoms with van der Waals surface area (Å²) in [5, 5.41) is 9.48. The molecule has 0 aromatic heterocycles. The van der Waals surface area contributed by atoms with E-state index in [-0.39, 0.29) is 18.6 Å². The summed E-state index contributed by atoms with van der Waals surface area (Å²) in [6.45, 7) is 4.65. The van der Waals surface area contributed by atoms with Crippen molar-refractivity contribution in [2.24, 2.45) is 0 Å². The number of piperazine rings is 1. The predicted octanol–water partition coefficient (Wildman–Crippen LogP) is 1.02. The first kappa shape index (κ1) is 12.9. The molecule has 4 nitrogen and oxygen atoms in total. The third-order valence-corrected chi connectivity index (χ3v) is 3.64. The molecular formula is C14H20N2O2. The van der Waals surface area contributed by atoms with Gasteiger partial charge < -0.3 is 14.9 Å². The Kier molecular flexibility index (Phi) is 3.57. The highest BCUT2D eigenvalue weighted by atomic mass is 16.3. The van der Waals surface area contributed by atoms with Crippen molar-refractivity contribution in [2.75, 3.05) is 25.1 Å². The number of benzene rings is 1. The minimum Gasteiger partial charge on any atom is -0.394 e. The molecule has 1 heterocycles. The molecular weight excluding hydrogens is 228 g/mol. The molecule has 0 aliphatic carbocycles. The minimum absolute atomic E-state index is 0.0160. The van der Waals surface area contributed by atoms with Crippen molar-refractivity contribution in [3.05, 3.63) is 29.8 Å². The van der Waals surface area contributed by atoms with E-state index in [1.54, 1.807) is 11.9 Å². The highest BCUT2D eigenvalue weighted by Crippen LogP contribution is 2.24. The third-order valence-electron chi connectivity index (χ3n) is 3.64. The van der Waals surface area contributed by atoms with E-state index < -0.39 is 6.04 Å².